The fraction of sp³-hybridized carbons (Fsp3) is 0.318. The first kappa shape index (κ1) is 17.6. The van der Waals surface area contributed by atoms with Gasteiger partial charge in [-0.2, -0.15) is 0 Å². The minimum atomic E-state index is -0.0442. The second-order valence-corrected chi connectivity index (χ2v) is 7.21. The highest BCUT2D eigenvalue weighted by molar-refractivity contribution is 5.95. The van der Waals surface area contributed by atoms with Crippen LogP contribution in [0.1, 0.15) is 30.1 Å². The van der Waals surface area contributed by atoms with Gasteiger partial charge < -0.3 is 10.2 Å². The number of nitrogens with zero attached hydrogens (tertiary/aromatic N) is 3. The third-order valence-electron chi connectivity index (χ3n) is 4.98. The summed E-state index contributed by atoms with van der Waals surface area (Å²) in [6, 6.07) is 15.5. The Hall–Kier alpha value is -2.79. The molecule has 1 aliphatic rings. The molecule has 1 fully saturated rings. The summed E-state index contributed by atoms with van der Waals surface area (Å²) in [5, 5.41) is 3.11. The minimum absolute atomic E-state index is 0.0442. The molecule has 0 bridgehead atoms. The van der Waals surface area contributed by atoms with Crippen LogP contribution < -0.4 is 5.32 Å². The Bertz CT molecular complexity index is 950. The molecule has 0 radical (unpaired) electrons. The van der Waals surface area contributed by atoms with Crippen LogP contribution in [0, 0.1) is 0 Å². The summed E-state index contributed by atoms with van der Waals surface area (Å²) in [6.07, 6.45) is 4.28. The SMILES string of the molecule is C[C@H](CN1CCCC1)NC(=O)c1cccc(-c2cnc3ccccc3n2)c1. The molecule has 4 rings (SSSR count). The van der Waals surface area contributed by atoms with Gasteiger partial charge in [-0.3, -0.25) is 9.78 Å². The van der Waals surface area contributed by atoms with E-state index < -0.39 is 0 Å². The quantitative estimate of drug-likeness (QED) is 0.756. The number of benzene rings is 2. The summed E-state index contributed by atoms with van der Waals surface area (Å²) in [7, 11) is 0. The Kier molecular flexibility index (Phi) is 5.12. The summed E-state index contributed by atoms with van der Waals surface area (Å²) < 4.78 is 0. The molecule has 0 saturated carbocycles. The highest BCUT2D eigenvalue weighted by atomic mass is 16.1. The van der Waals surface area contributed by atoms with Crippen molar-refractivity contribution >= 4 is 16.9 Å². The molecule has 2 aromatic carbocycles. The second kappa shape index (κ2) is 7.84. The van der Waals surface area contributed by atoms with Crippen LogP contribution in [0.4, 0.5) is 0 Å². The molecule has 138 valence electrons. The van der Waals surface area contributed by atoms with Crippen LogP contribution in [0.15, 0.2) is 54.7 Å². The smallest absolute Gasteiger partial charge is 0.251 e. The normalized spacial score (nSPS) is 15.7. The molecule has 0 aliphatic carbocycles. The zero-order valence-corrected chi connectivity index (χ0v) is 15.6. The van der Waals surface area contributed by atoms with E-state index in [4.69, 9.17) is 0 Å². The van der Waals surface area contributed by atoms with E-state index in [1.54, 1.807) is 6.20 Å². The monoisotopic (exact) mass is 360 g/mol. The largest absolute Gasteiger partial charge is 0.348 e. The third kappa shape index (κ3) is 4.14. The van der Waals surface area contributed by atoms with Crippen molar-refractivity contribution in [2.75, 3.05) is 19.6 Å². The van der Waals surface area contributed by atoms with Crippen LogP contribution in [-0.4, -0.2) is 46.5 Å². The molecule has 3 aromatic rings. The Morgan fingerprint density at radius 1 is 1.11 bits per heavy atom. The van der Waals surface area contributed by atoms with Gasteiger partial charge in [-0.1, -0.05) is 24.3 Å². The molecular formula is C22H24N4O. The first-order chi connectivity index (χ1) is 13.2. The van der Waals surface area contributed by atoms with Crippen molar-refractivity contribution in [1.29, 1.82) is 0 Å². The van der Waals surface area contributed by atoms with Gasteiger partial charge in [-0.25, -0.2) is 4.98 Å². The summed E-state index contributed by atoms with van der Waals surface area (Å²) >= 11 is 0. The standard InChI is InChI=1S/C22H24N4O/c1-16(15-26-11-4-5-12-26)24-22(27)18-8-6-7-17(13-18)21-14-23-19-9-2-3-10-20(19)25-21/h2-3,6-10,13-14,16H,4-5,11-12,15H2,1H3,(H,24,27)/t16-/m1/s1. The van der Waals surface area contributed by atoms with Gasteiger partial charge in [-0.05, 0) is 57.1 Å². The van der Waals surface area contributed by atoms with Crippen LogP contribution in [0.25, 0.3) is 22.3 Å². The molecule has 27 heavy (non-hydrogen) atoms. The molecule has 0 unspecified atom stereocenters. The zero-order chi connectivity index (χ0) is 18.6. The zero-order valence-electron chi connectivity index (χ0n) is 15.6. The molecule has 1 aliphatic heterocycles. The van der Waals surface area contributed by atoms with E-state index in [9.17, 15) is 4.79 Å². The fourth-order valence-corrected chi connectivity index (χ4v) is 3.62. The minimum Gasteiger partial charge on any atom is -0.348 e. The molecule has 0 spiro atoms. The lowest BCUT2D eigenvalue weighted by atomic mass is 10.1. The maximum atomic E-state index is 12.7. The number of rotatable bonds is 5. The van der Waals surface area contributed by atoms with Crippen molar-refractivity contribution in [2.24, 2.45) is 0 Å². The van der Waals surface area contributed by atoms with Gasteiger partial charge in [0.05, 0.1) is 22.9 Å². The molecule has 1 amide bonds. The fourth-order valence-electron chi connectivity index (χ4n) is 3.62. The Balaban J connectivity index is 1.49. The van der Waals surface area contributed by atoms with Crippen molar-refractivity contribution < 1.29 is 4.79 Å². The molecule has 1 atom stereocenters. The Labute approximate surface area is 159 Å². The van der Waals surface area contributed by atoms with E-state index in [0.29, 0.717) is 5.56 Å². The van der Waals surface area contributed by atoms with Crippen molar-refractivity contribution in [3.63, 3.8) is 0 Å². The average Bonchev–Trinajstić information content (AvgIpc) is 3.20. The lowest BCUT2D eigenvalue weighted by Crippen LogP contribution is -2.41. The van der Waals surface area contributed by atoms with Crippen LogP contribution in [0.5, 0.6) is 0 Å². The van der Waals surface area contributed by atoms with Gasteiger partial charge in [0, 0.05) is 23.7 Å². The van der Waals surface area contributed by atoms with E-state index in [2.05, 4.69) is 27.1 Å². The highest BCUT2D eigenvalue weighted by Crippen LogP contribution is 2.20. The number of fused-ring (bicyclic) bond motifs is 1. The first-order valence-corrected chi connectivity index (χ1v) is 9.54. The number of likely N-dealkylation sites (tertiary alicyclic amines) is 1. The summed E-state index contributed by atoms with van der Waals surface area (Å²) in [6.45, 7) is 5.24. The molecule has 1 saturated heterocycles. The lowest BCUT2D eigenvalue weighted by molar-refractivity contribution is 0.0932. The molecule has 5 heteroatoms. The maximum absolute atomic E-state index is 12.7. The van der Waals surface area contributed by atoms with E-state index in [0.717, 1.165) is 41.9 Å². The predicted octanol–water partition coefficient (Wildman–Crippen LogP) is 3.51. The number of hydrogen-bond acceptors (Lipinski definition) is 4. The average molecular weight is 360 g/mol. The lowest BCUT2D eigenvalue weighted by Gasteiger charge is -2.21. The van der Waals surface area contributed by atoms with Crippen molar-refractivity contribution in [3.05, 3.63) is 60.3 Å². The maximum Gasteiger partial charge on any atom is 0.251 e. The summed E-state index contributed by atoms with van der Waals surface area (Å²) in [4.78, 5) is 24.2. The van der Waals surface area contributed by atoms with Crippen LogP contribution in [0.2, 0.25) is 0 Å². The molecule has 2 heterocycles. The number of carbonyl (C=O) groups excluding carboxylic acids is 1. The number of nitrogens with one attached hydrogen (secondary N) is 1. The van der Waals surface area contributed by atoms with Crippen molar-refractivity contribution in [3.8, 4) is 11.3 Å². The number of aromatic nitrogens is 2. The van der Waals surface area contributed by atoms with Crippen LogP contribution in [0.3, 0.4) is 0 Å². The Morgan fingerprint density at radius 3 is 2.70 bits per heavy atom. The van der Waals surface area contributed by atoms with Gasteiger partial charge in [-0.15, -0.1) is 0 Å². The van der Waals surface area contributed by atoms with Crippen molar-refractivity contribution in [1.82, 2.24) is 20.2 Å². The molecule has 1 aromatic heterocycles. The van der Waals surface area contributed by atoms with E-state index in [1.165, 1.54) is 12.8 Å². The number of amides is 1. The van der Waals surface area contributed by atoms with Crippen LogP contribution in [-0.2, 0) is 0 Å². The second-order valence-electron chi connectivity index (χ2n) is 7.21. The molecular weight excluding hydrogens is 336 g/mol. The van der Waals surface area contributed by atoms with Gasteiger partial charge in [0.1, 0.15) is 0 Å². The summed E-state index contributed by atoms with van der Waals surface area (Å²) in [5.41, 5.74) is 4.03. The number of para-hydroxylation sites is 2. The van der Waals surface area contributed by atoms with Gasteiger partial charge in [0.25, 0.3) is 5.91 Å². The predicted molar refractivity (Wildman–Crippen MR) is 108 cm³/mol. The van der Waals surface area contributed by atoms with E-state index in [-0.39, 0.29) is 11.9 Å². The third-order valence-corrected chi connectivity index (χ3v) is 4.98. The topological polar surface area (TPSA) is 58.1 Å². The van der Waals surface area contributed by atoms with Crippen molar-refractivity contribution in [2.45, 2.75) is 25.8 Å². The summed E-state index contributed by atoms with van der Waals surface area (Å²) in [5.74, 6) is -0.0442. The number of hydrogen-bond donors (Lipinski definition) is 1. The molecule has 5 nitrogen and oxygen atoms in total. The number of carbonyl (C=O) groups is 1. The van der Waals surface area contributed by atoms with Gasteiger partial charge >= 0.3 is 0 Å². The van der Waals surface area contributed by atoms with Gasteiger partial charge in [0.2, 0.25) is 0 Å². The highest BCUT2D eigenvalue weighted by Gasteiger charge is 2.17. The van der Waals surface area contributed by atoms with Crippen LogP contribution >= 0.6 is 0 Å². The molecule has 1 N–H and O–H groups in total. The Morgan fingerprint density at radius 2 is 1.89 bits per heavy atom. The van der Waals surface area contributed by atoms with E-state index in [1.807, 2.05) is 48.5 Å². The first-order valence-electron chi connectivity index (χ1n) is 9.54. The van der Waals surface area contributed by atoms with E-state index >= 15 is 0 Å². The van der Waals surface area contributed by atoms with Gasteiger partial charge in [0.15, 0.2) is 0 Å².